The lowest BCUT2D eigenvalue weighted by atomic mass is 10.1. The van der Waals surface area contributed by atoms with Gasteiger partial charge in [0.2, 0.25) is 0 Å². The van der Waals surface area contributed by atoms with E-state index >= 15 is 0 Å². The molecule has 0 amide bonds. The molecule has 0 aromatic heterocycles. The highest BCUT2D eigenvalue weighted by Gasteiger charge is 2.19. The maximum atomic E-state index is 10.5. The van der Waals surface area contributed by atoms with Crippen LogP contribution in [0.5, 0.6) is 11.5 Å². The zero-order valence-electron chi connectivity index (χ0n) is 6.67. The van der Waals surface area contributed by atoms with E-state index in [2.05, 4.69) is 0 Å². The van der Waals surface area contributed by atoms with Crippen LogP contribution >= 0.6 is 0 Å². The summed E-state index contributed by atoms with van der Waals surface area (Å²) < 4.78 is 0. The molecule has 0 radical (unpaired) electrons. The second-order valence-corrected chi connectivity index (χ2v) is 2.42. The average Bonchev–Trinajstić information content (AvgIpc) is 2.08. The van der Waals surface area contributed by atoms with Gasteiger partial charge in [-0.15, -0.1) is 0 Å². The number of aromatic carboxylic acids is 1. The Morgan fingerprint density at radius 2 is 1.93 bits per heavy atom. The van der Waals surface area contributed by atoms with E-state index in [0.29, 0.717) is 12.1 Å². The van der Waals surface area contributed by atoms with Crippen molar-refractivity contribution in [2.24, 2.45) is 0 Å². The highest BCUT2D eigenvalue weighted by molar-refractivity contribution is 5.92. The largest absolute Gasteiger partial charge is 0.504 e. The minimum atomic E-state index is -1.55. The molecule has 0 aliphatic carbocycles. The van der Waals surface area contributed by atoms with Crippen molar-refractivity contribution >= 4 is 11.7 Å². The third kappa shape index (κ3) is 1.56. The Bertz CT molecular complexity index is 413. The van der Waals surface area contributed by atoms with Gasteiger partial charge in [-0.2, -0.15) is 0 Å². The van der Waals surface area contributed by atoms with Crippen LogP contribution in [0.4, 0.5) is 5.69 Å². The maximum Gasteiger partial charge on any atom is 0.339 e. The van der Waals surface area contributed by atoms with Crippen molar-refractivity contribution in [1.82, 2.24) is 0 Å². The van der Waals surface area contributed by atoms with E-state index < -0.39 is 33.6 Å². The second-order valence-electron chi connectivity index (χ2n) is 2.42. The van der Waals surface area contributed by atoms with Crippen LogP contribution in [0.15, 0.2) is 12.1 Å². The summed E-state index contributed by atoms with van der Waals surface area (Å²) in [5.41, 5.74) is -1.31. The molecular formula is C7H5NO6. The first-order valence-electron chi connectivity index (χ1n) is 3.37. The van der Waals surface area contributed by atoms with E-state index in [4.69, 9.17) is 15.3 Å². The second kappa shape index (κ2) is 3.21. The molecule has 0 atom stereocenters. The highest BCUT2D eigenvalue weighted by atomic mass is 16.6. The summed E-state index contributed by atoms with van der Waals surface area (Å²) in [6.07, 6.45) is 0. The molecule has 0 saturated carbocycles. The van der Waals surface area contributed by atoms with Crippen LogP contribution in [0.1, 0.15) is 10.4 Å². The summed E-state index contributed by atoms with van der Waals surface area (Å²) in [4.78, 5) is 19.8. The standard InChI is InChI=1S/C7H5NO6/c9-5-2-3(8(13)14)1-4(6(5)10)7(11)12/h1-2,9-10H,(H,11,12). The van der Waals surface area contributed by atoms with Crippen LogP contribution in [0.3, 0.4) is 0 Å². The SMILES string of the molecule is O=C(O)c1cc([N+](=O)[O-])cc(O)c1O. The Hall–Kier alpha value is -2.31. The number of carboxylic acids is 1. The van der Waals surface area contributed by atoms with Crippen molar-refractivity contribution < 1.29 is 25.0 Å². The van der Waals surface area contributed by atoms with E-state index in [0.717, 1.165) is 0 Å². The molecule has 14 heavy (non-hydrogen) atoms. The first-order valence-corrected chi connectivity index (χ1v) is 3.37. The van der Waals surface area contributed by atoms with Crippen LogP contribution in [-0.2, 0) is 0 Å². The van der Waals surface area contributed by atoms with Crippen LogP contribution < -0.4 is 0 Å². The molecule has 1 aromatic rings. The topological polar surface area (TPSA) is 121 Å². The average molecular weight is 199 g/mol. The van der Waals surface area contributed by atoms with Gasteiger partial charge in [-0.3, -0.25) is 10.1 Å². The molecule has 0 aliphatic rings. The summed E-state index contributed by atoms with van der Waals surface area (Å²) in [6.45, 7) is 0. The van der Waals surface area contributed by atoms with Gasteiger partial charge in [0.15, 0.2) is 11.5 Å². The van der Waals surface area contributed by atoms with Crippen LogP contribution in [0, 0.1) is 10.1 Å². The number of carboxylic acid groups (broad SMARTS) is 1. The number of aromatic hydroxyl groups is 2. The smallest absolute Gasteiger partial charge is 0.339 e. The number of nitro benzene ring substituents is 1. The minimum absolute atomic E-state index is 0.599. The third-order valence-corrected chi connectivity index (χ3v) is 1.52. The van der Waals surface area contributed by atoms with Crippen molar-refractivity contribution in [1.29, 1.82) is 0 Å². The summed E-state index contributed by atoms with van der Waals surface area (Å²) in [5, 5.41) is 36.7. The molecule has 74 valence electrons. The molecule has 0 spiro atoms. The van der Waals surface area contributed by atoms with Crippen molar-refractivity contribution in [2.75, 3.05) is 0 Å². The molecule has 0 bridgehead atoms. The normalized spacial score (nSPS) is 9.71. The van der Waals surface area contributed by atoms with E-state index in [1.807, 2.05) is 0 Å². The van der Waals surface area contributed by atoms with Gasteiger partial charge in [0.05, 0.1) is 11.0 Å². The lowest BCUT2D eigenvalue weighted by Crippen LogP contribution is -1.99. The number of hydrogen-bond donors (Lipinski definition) is 3. The van der Waals surface area contributed by atoms with Gasteiger partial charge in [0, 0.05) is 6.07 Å². The van der Waals surface area contributed by atoms with Crippen LogP contribution in [0.2, 0.25) is 0 Å². The number of hydrogen-bond acceptors (Lipinski definition) is 5. The summed E-state index contributed by atoms with van der Waals surface area (Å²) in [7, 11) is 0. The predicted molar refractivity (Wildman–Crippen MR) is 43.4 cm³/mol. The fourth-order valence-electron chi connectivity index (χ4n) is 0.873. The van der Waals surface area contributed by atoms with E-state index in [9.17, 15) is 14.9 Å². The fourth-order valence-corrected chi connectivity index (χ4v) is 0.873. The third-order valence-electron chi connectivity index (χ3n) is 1.52. The van der Waals surface area contributed by atoms with Gasteiger partial charge in [0.25, 0.3) is 5.69 Å². The van der Waals surface area contributed by atoms with Gasteiger partial charge < -0.3 is 15.3 Å². The molecule has 1 rings (SSSR count). The minimum Gasteiger partial charge on any atom is -0.504 e. The van der Waals surface area contributed by atoms with E-state index in [-0.39, 0.29) is 0 Å². The maximum absolute atomic E-state index is 10.5. The molecule has 7 nitrogen and oxygen atoms in total. The zero-order valence-corrected chi connectivity index (χ0v) is 6.67. The lowest BCUT2D eigenvalue weighted by molar-refractivity contribution is -0.385. The number of carbonyl (C=O) groups is 1. The van der Waals surface area contributed by atoms with Crippen molar-refractivity contribution in [3.63, 3.8) is 0 Å². The molecule has 0 heterocycles. The highest BCUT2D eigenvalue weighted by Crippen LogP contribution is 2.33. The Labute approximate surface area is 77.0 Å². The molecule has 1 aromatic carbocycles. The van der Waals surface area contributed by atoms with E-state index in [1.54, 1.807) is 0 Å². The number of phenols is 2. The number of benzene rings is 1. The van der Waals surface area contributed by atoms with Crippen LogP contribution in [0.25, 0.3) is 0 Å². The van der Waals surface area contributed by atoms with Crippen molar-refractivity contribution in [3.8, 4) is 11.5 Å². The number of rotatable bonds is 2. The monoisotopic (exact) mass is 199 g/mol. The van der Waals surface area contributed by atoms with Crippen molar-refractivity contribution in [2.45, 2.75) is 0 Å². The van der Waals surface area contributed by atoms with E-state index in [1.165, 1.54) is 0 Å². The molecule has 0 fully saturated rings. The Morgan fingerprint density at radius 1 is 1.36 bits per heavy atom. The van der Waals surface area contributed by atoms with Gasteiger partial charge in [-0.25, -0.2) is 4.79 Å². The van der Waals surface area contributed by atoms with Crippen molar-refractivity contribution in [3.05, 3.63) is 27.8 Å². The Kier molecular flexibility index (Phi) is 2.24. The molecule has 0 unspecified atom stereocenters. The Morgan fingerprint density at radius 3 is 2.36 bits per heavy atom. The first kappa shape index (κ1) is 9.78. The van der Waals surface area contributed by atoms with Crippen LogP contribution in [-0.4, -0.2) is 26.2 Å². The van der Waals surface area contributed by atoms with Gasteiger partial charge in [-0.1, -0.05) is 0 Å². The quantitative estimate of drug-likeness (QED) is 0.366. The first-order chi connectivity index (χ1) is 6.43. The number of non-ortho nitro benzene ring substituents is 1. The lowest BCUT2D eigenvalue weighted by Gasteiger charge is -2.01. The molecular weight excluding hydrogens is 194 g/mol. The zero-order chi connectivity index (χ0) is 10.9. The number of nitro groups is 1. The number of nitrogens with zero attached hydrogens (tertiary/aromatic N) is 1. The summed E-state index contributed by atoms with van der Waals surface area (Å²) in [6, 6.07) is 1.33. The van der Waals surface area contributed by atoms with Gasteiger partial charge in [0.1, 0.15) is 5.56 Å². The molecule has 0 saturated heterocycles. The molecule has 3 N–H and O–H groups in total. The fraction of sp³-hybridized carbons (Fsp3) is 0. The summed E-state index contributed by atoms with van der Waals surface area (Å²) in [5.74, 6) is -3.28. The van der Waals surface area contributed by atoms with Gasteiger partial charge in [-0.05, 0) is 0 Å². The van der Waals surface area contributed by atoms with Gasteiger partial charge >= 0.3 is 5.97 Å². The molecule has 0 aliphatic heterocycles. The molecule has 7 heteroatoms. The Balaban J connectivity index is 3.43. The number of phenolic OH excluding ortho intramolecular Hbond substituents is 1. The predicted octanol–water partition coefficient (Wildman–Crippen LogP) is 0.704. The summed E-state index contributed by atoms with van der Waals surface area (Å²) >= 11 is 0.